The van der Waals surface area contributed by atoms with Gasteiger partial charge in [0.15, 0.2) is 0 Å². The molecule has 0 bridgehead atoms. The van der Waals surface area contributed by atoms with E-state index in [0.717, 1.165) is 53.5 Å². The number of nitrogens with zero attached hydrogens (tertiary/aromatic N) is 4. The maximum atomic E-state index is 12.9. The summed E-state index contributed by atoms with van der Waals surface area (Å²) < 4.78 is 2.04. The summed E-state index contributed by atoms with van der Waals surface area (Å²) in [6, 6.07) is 20.3. The number of hydrogen-bond acceptors (Lipinski definition) is 4. The van der Waals surface area contributed by atoms with E-state index in [4.69, 9.17) is 15.4 Å². The largest absolute Gasteiger partial charge is 0.357 e. The van der Waals surface area contributed by atoms with Crippen LogP contribution in [0.2, 0.25) is 0 Å². The monoisotopic (exact) mass is 491 g/mol. The van der Waals surface area contributed by atoms with Crippen LogP contribution in [0.15, 0.2) is 60.7 Å². The van der Waals surface area contributed by atoms with Crippen LogP contribution in [0.3, 0.4) is 0 Å². The Kier molecular flexibility index (Phi) is 5.92. The van der Waals surface area contributed by atoms with Crippen molar-refractivity contribution < 1.29 is 4.79 Å². The number of rotatable bonds is 7. The number of amides is 1. The molecule has 0 atom stereocenters. The van der Waals surface area contributed by atoms with Crippen LogP contribution in [-0.4, -0.2) is 49.8 Å². The van der Waals surface area contributed by atoms with Crippen LogP contribution in [0, 0.1) is 5.41 Å². The van der Waals surface area contributed by atoms with Crippen molar-refractivity contribution >= 4 is 34.1 Å². The maximum Gasteiger partial charge on any atom is 0.251 e. The normalized spacial score (nSPS) is 13.2. The summed E-state index contributed by atoms with van der Waals surface area (Å²) in [5.74, 6) is 1.68. The highest BCUT2D eigenvalue weighted by Gasteiger charge is 2.20. The smallest absolute Gasteiger partial charge is 0.251 e. The van der Waals surface area contributed by atoms with E-state index in [1.165, 1.54) is 22.7 Å². The topological polar surface area (TPSA) is 103 Å². The van der Waals surface area contributed by atoms with Crippen molar-refractivity contribution in [2.45, 2.75) is 25.8 Å². The van der Waals surface area contributed by atoms with Crippen molar-refractivity contribution in [1.29, 1.82) is 5.41 Å². The summed E-state index contributed by atoms with van der Waals surface area (Å²) in [5.41, 5.74) is 5.79. The molecule has 1 amide bonds. The third kappa shape index (κ3) is 4.46. The van der Waals surface area contributed by atoms with E-state index >= 15 is 0 Å². The number of nitrogens with one attached hydrogen (secondary N) is 3. The molecule has 1 aliphatic rings. The Hall–Kier alpha value is -4.46. The number of carbonyl (C=O) groups is 1. The lowest BCUT2D eigenvalue weighted by Gasteiger charge is -2.22. The fourth-order valence-corrected chi connectivity index (χ4v) is 5.18. The zero-order chi connectivity index (χ0) is 25.4. The zero-order valence-electron chi connectivity index (χ0n) is 20.8. The van der Waals surface area contributed by atoms with E-state index in [2.05, 4.69) is 40.6 Å². The van der Waals surface area contributed by atoms with Crippen LogP contribution in [0.25, 0.3) is 21.8 Å². The van der Waals surface area contributed by atoms with Gasteiger partial charge in [0.05, 0.1) is 36.0 Å². The van der Waals surface area contributed by atoms with Crippen LogP contribution < -0.4 is 5.32 Å². The van der Waals surface area contributed by atoms with E-state index in [0.29, 0.717) is 25.1 Å². The molecule has 5 aromatic rings. The third-order valence-electron chi connectivity index (χ3n) is 7.22. The Morgan fingerprint density at radius 2 is 2.00 bits per heavy atom. The Balaban J connectivity index is 1.15. The fourth-order valence-electron chi connectivity index (χ4n) is 5.18. The molecule has 0 fully saturated rings. The number of hydrogen-bond donors (Lipinski definition) is 3. The van der Waals surface area contributed by atoms with Gasteiger partial charge in [-0.1, -0.05) is 42.5 Å². The molecule has 3 heterocycles. The number of imidazole rings is 2. The summed E-state index contributed by atoms with van der Waals surface area (Å²) in [4.78, 5) is 27.9. The number of aromatic nitrogens is 4. The van der Waals surface area contributed by atoms with Gasteiger partial charge in [0.1, 0.15) is 11.6 Å². The van der Waals surface area contributed by atoms with Gasteiger partial charge in [-0.15, -0.1) is 0 Å². The van der Waals surface area contributed by atoms with Crippen LogP contribution in [0.1, 0.15) is 39.0 Å². The maximum absolute atomic E-state index is 12.9. The highest BCUT2D eigenvalue weighted by atomic mass is 16.1. The second-order valence-electron chi connectivity index (χ2n) is 9.57. The van der Waals surface area contributed by atoms with Crippen molar-refractivity contribution in [2.24, 2.45) is 7.05 Å². The van der Waals surface area contributed by atoms with E-state index in [1.54, 1.807) is 0 Å². The molecule has 0 saturated carbocycles. The molecule has 0 aliphatic carbocycles. The minimum absolute atomic E-state index is 0.0839. The highest BCUT2D eigenvalue weighted by molar-refractivity contribution is 5.97. The average molecular weight is 492 g/mol. The molecule has 0 saturated heterocycles. The predicted molar refractivity (Wildman–Crippen MR) is 145 cm³/mol. The van der Waals surface area contributed by atoms with E-state index in [1.807, 2.05) is 46.8 Å². The van der Waals surface area contributed by atoms with Crippen molar-refractivity contribution in [2.75, 3.05) is 13.1 Å². The molecule has 37 heavy (non-hydrogen) atoms. The summed E-state index contributed by atoms with van der Waals surface area (Å²) in [6.45, 7) is 2.06. The standard InChI is InChI=1S/C29H29N7O/c1-35-26-15-21(29(37)31-13-11-20-7-4-6-19-5-2-3-8-22(19)20)9-10-24(26)34-28(35)16-27-32-23-12-14-36(18-30)17-25(23)33-27/h2-10,15,18,30H,11-14,16-17H2,1H3,(H,31,37)(H,32,33). The van der Waals surface area contributed by atoms with Crippen LogP contribution >= 0.6 is 0 Å². The van der Waals surface area contributed by atoms with Gasteiger partial charge in [-0.2, -0.15) is 0 Å². The SMILES string of the molecule is Cn1c(Cc2nc3c([nH]2)CCN(C=N)C3)nc2ccc(C(=O)NCCc3cccc4ccccc34)cc21. The first-order chi connectivity index (χ1) is 18.1. The van der Waals surface area contributed by atoms with Crippen LogP contribution in [0.5, 0.6) is 0 Å². The predicted octanol–water partition coefficient (Wildman–Crippen LogP) is 3.98. The van der Waals surface area contributed by atoms with Crippen molar-refractivity contribution in [3.63, 3.8) is 0 Å². The molecule has 0 unspecified atom stereocenters. The van der Waals surface area contributed by atoms with Crippen molar-refractivity contribution in [1.82, 2.24) is 29.7 Å². The quantitative estimate of drug-likeness (QED) is 0.237. The second kappa shape index (κ2) is 9.54. The van der Waals surface area contributed by atoms with Crippen LogP contribution in [-0.2, 0) is 32.9 Å². The van der Waals surface area contributed by atoms with E-state index in [-0.39, 0.29) is 5.91 Å². The van der Waals surface area contributed by atoms with Crippen molar-refractivity contribution in [3.8, 4) is 0 Å². The Morgan fingerprint density at radius 1 is 1.14 bits per heavy atom. The highest BCUT2D eigenvalue weighted by Crippen LogP contribution is 2.22. The lowest BCUT2D eigenvalue weighted by atomic mass is 10.0. The molecule has 8 nitrogen and oxygen atoms in total. The average Bonchev–Trinajstić information content (AvgIpc) is 3.47. The Bertz CT molecular complexity index is 1630. The molecule has 3 aromatic carbocycles. The van der Waals surface area contributed by atoms with Gasteiger partial charge in [-0.3, -0.25) is 10.2 Å². The van der Waals surface area contributed by atoms with Gasteiger partial charge in [-0.25, -0.2) is 9.97 Å². The van der Waals surface area contributed by atoms with Gasteiger partial charge >= 0.3 is 0 Å². The van der Waals surface area contributed by atoms with E-state index in [9.17, 15) is 4.79 Å². The zero-order valence-corrected chi connectivity index (χ0v) is 20.8. The fraction of sp³-hybridized carbons (Fsp3) is 0.241. The molecule has 0 radical (unpaired) electrons. The minimum Gasteiger partial charge on any atom is -0.357 e. The number of benzene rings is 3. The Morgan fingerprint density at radius 3 is 2.89 bits per heavy atom. The first-order valence-corrected chi connectivity index (χ1v) is 12.6. The lowest BCUT2D eigenvalue weighted by molar-refractivity contribution is 0.0954. The lowest BCUT2D eigenvalue weighted by Crippen LogP contribution is -2.28. The second-order valence-corrected chi connectivity index (χ2v) is 9.57. The summed E-state index contributed by atoms with van der Waals surface area (Å²) in [5, 5.41) is 13.0. The van der Waals surface area contributed by atoms with Gasteiger partial charge in [-0.05, 0) is 41.0 Å². The van der Waals surface area contributed by atoms with E-state index < -0.39 is 0 Å². The molecule has 8 heteroatoms. The van der Waals surface area contributed by atoms with Gasteiger partial charge in [0.2, 0.25) is 0 Å². The number of carbonyl (C=O) groups excluding carboxylic acids is 1. The summed E-state index contributed by atoms with van der Waals surface area (Å²) >= 11 is 0. The molecule has 186 valence electrons. The molecule has 3 N–H and O–H groups in total. The molecule has 1 aliphatic heterocycles. The number of aromatic amines is 1. The molecular weight excluding hydrogens is 462 g/mol. The molecular formula is C29H29N7O. The first-order valence-electron chi connectivity index (χ1n) is 12.6. The number of aryl methyl sites for hydroxylation is 1. The van der Waals surface area contributed by atoms with Gasteiger partial charge in [0, 0.05) is 37.8 Å². The third-order valence-corrected chi connectivity index (χ3v) is 7.22. The van der Waals surface area contributed by atoms with Crippen LogP contribution in [0.4, 0.5) is 0 Å². The Labute approximate surface area is 214 Å². The summed E-state index contributed by atoms with van der Waals surface area (Å²) in [7, 11) is 1.98. The molecule has 2 aromatic heterocycles. The number of fused-ring (bicyclic) bond motifs is 3. The first kappa shape index (κ1) is 23.0. The van der Waals surface area contributed by atoms with Gasteiger partial charge in [0.25, 0.3) is 5.91 Å². The van der Waals surface area contributed by atoms with Gasteiger partial charge < -0.3 is 19.8 Å². The molecule has 0 spiro atoms. The molecule has 6 rings (SSSR count). The summed E-state index contributed by atoms with van der Waals surface area (Å²) in [6.07, 6.45) is 3.59. The number of H-pyrrole nitrogens is 1. The van der Waals surface area contributed by atoms with Crippen molar-refractivity contribution in [3.05, 3.63) is 94.8 Å². The minimum atomic E-state index is -0.0839.